The summed E-state index contributed by atoms with van der Waals surface area (Å²) in [7, 11) is -3.21. The van der Waals surface area contributed by atoms with E-state index in [4.69, 9.17) is 0 Å². The van der Waals surface area contributed by atoms with E-state index in [1.54, 1.807) is 6.07 Å². The quantitative estimate of drug-likeness (QED) is 0.913. The minimum atomic E-state index is -3.21. The number of halogens is 1. The van der Waals surface area contributed by atoms with Gasteiger partial charge >= 0.3 is 0 Å². The molecule has 4 nitrogen and oxygen atoms in total. The third-order valence-electron chi connectivity index (χ3n) is 4.31. The standard InChI is InChI=1S/C18H21FN2O2S/c1-13-7-8-17(12-18(13)21-9-4-10-24(21,22)23)20-14(2)15-5-3-6-16(19)11-15/h3,5-8,11-12,14,20H,4,9-10H2,1-2H3. The summed E-state index contributed by atoms with van der Waals surface area (Å²) < 4.78 is 39.2. The predicted molar refractivity (Wildman–Crippen MR) is 95.4 cm³/mol. The molecule has 0 radical (unpaired) electrons. The van der Waals surface area contributed by atoms with Gasteiger partial charge in [-0.05, 0) is 55.7 Å². The van der Waals surface area contributed by atoms with Gasteiger partial charge in [0.2, 0.25) is 10.0 Å². The topological polar surface area (TPSA) is 49.4 Å². The number of nitrogens with zero attached hydrogens (tertiary/aromatic N) is 1. The third kappa shape index (κ3) is 3.38. The maximum absolute atomic E-state index is 13.4. The number of rotatable bonds is 4. The Morgan fingerprint density at radius 3 is 2.67 bits per heavy atom. The Morgan fingerprint density at radius 1 is 1.21 bits per heavy atom. The summed E-state index contributed by atoms with van der Waals surface area (Å²) in [5.41, 5.74) is 3.29. The van der Waals surface area contributed by atoms with Crippen LogP contribution in [-0.4, -0.2) is 20.7 Å². The number of aryl methyl sites for hydroxylation is 1. The van der Waals surface area contributed by atoms with Crippen LogP contribution < -0.4 is 9.62 Å². The summed E-state index contributed by atoms with van der Waals surface area (Å²) in [6, 6.07) is 12.0. The lowest BCUT2D eigenvalue weighted by atomic mass is 10.1. The number of sulfonamides is 1. The lowest BCUT2D eigenvalue weighted by Crippen LogP contribution is -2.26. The molecule has 6 heteroatoms. The molecule has 0 aliphatic carbocycles. The van der Waals surface area contributed by atoms with Crippen LogP contribution in [0.4, 0.5) is 15.8 Å². The predicted octanol–water partition coefficient (Wildman–Crippen LogP) is 3.85. The third-order valence-corrected chi connectivity index (χ3v) is 6.16. The van der Waals surface area contributed by atoms with E-state index in [-0.39, 0.29) is 17.6 Å². The van der Waals surface area contributed by atoms with E-state index < -0.39 is 10.0 Å². The van der Waals surface area contributed by atoms with Gasteiger partial charge < -0.3 is 5.32 Å². The maximum atomic E-state index is 13.4. The maximum Gasteiger partial charge on any atom is 0.235 e. The zero-order valence-electron chi connectivity index (χ0n) is 13.8. The molecule has 1 aliphatic rings. The molecule has 128 valence electrons. The highest BCUT2D eigenvalue weighted by molar-refractivity contribution is 7.93. The molecule has 2 aromatic rings. The first kappa shape index (κ1) is 16.8. The van der Waals surface area contributed by atoms with E-state index in [9.17, 15) is 12.8 Å². The van der Waals surface area contributed by atoms with Crippen LogP contribution in [-0.2, 0) is 10.0 Å². The fraction of sp³-hybridized carbons (Fsp3) is 0.333. The minimum Gasteiger partial charge on any atom is -0.378 e. The van der Waals surface area contributed by atoms with Gasteiger partial charge in [0.1, 0.15) is 5.82 Å². The molecular formula is C18H21FN2O2S. The molecule has 1 N–H and O–H groups in total. The van der Waals surface area contributed by atoms with Crippen molar-refractivity contribution in [2.75, 3.05) is 21.9 Å². The van der Waals surface area contributed by atoms with E-state index in [2.05, 4.69) is 5.32 Å². The highest BCUT2D eigenvalue weighted by Crippen LogP contribution is 2.31. The van der Waals surface area contributed by atoms with E-state index >= 15 is 0 Å². The summed E-state index contributed by atoms with van der Waals surface area (Å²) >= 11 is 0. The van der Waals surface area contributed by atoms with Crippen molar-refractivity contribution in [2.45, 2.75) is 26.3 Å². The first-order valence-corrected chi connectivity index (χ1v) is 9.61. The molecule has 0 saturated carbocycles. The molecule has 1 aliphatic heterocycles. The molecule has 0 amide bonds. The van der Waals surface area contributed by atoms with Gasteiger partial charge in [-0.2, -0.15) is 0 Å². The van der Waals surface area contributed by atoms with Gasteiger partial charge in [-0.1, -0.05) is 18.2 Å². The van der Waals surface area contributed by atoms with Gasteiger partial charge in [0, 0.05) is 18.3 Å². The van der Waals surface area contributed by atoms with Crippen LogP contribution in [0.1, 0.15) is 30.5 Å². The molecular weight excluding hydrogens is 327 g/mol. The van der Waals surface area contributed by atoms with Crippen molar-refractivity contribution in [1.82, 2.24) is 0 Å². The molecule has 0 spiro atoms. The average molecular weight is 348 g/mol. The average Bonchev–Trinajstić information content (AvgIpc) is 2.88. The second-order valence-electron chi connectivity index (χ2n) is 6.16. The smallest absolute Gasteiger partial charge is 0.235 e. The van der Waals surface area contributed by atoms with Crippen molar-refractivity contribution < 1.29 is 12.8 Å². The molecule has 1 fully saturated rings. The van der Waals surface area contributed by atoms with Gasteiger partial charge in [0.25, 0.3) is 0 Å². The second kappa shape index (κ2) is 6.43. The molecule has 24 heavy (non-hydrogen) atoms. The molecule has 1 atom stereocenters. The molecule has 2 aromatic carbocycles. The minimum absolute atomic E-state index is 0.0913. The van der Waals surface area contributed by atoms with Crippen LogP contribution in [0.25, 0.3) is 0 Å². The van der Waals surface area contributed by atoms with Crippen LogP contribution >= 0.6 is 0 Å². The van der Waals surface area contributed by atoms with Crippen LogP contribution in [0.15, 0.2) is 42.5 Å². The van der Waals surface area contributed by atoms with Crippen LogP contribution in [0.2, 0.25) is 0 Å². The zero-order chi connectivity index (χ0) is 17.3. The van der Waals surface area contributed by atoms with E-state index in [1.165, 1.54) is 16.4 Å². The van der Waals surface area contributed by atoms with Crippen molar-refractivity contribution in [2.24, 2.45) is 0 Å². The number of anilines is 2. The van der Waals surface area contributed by atoms with Crippen molar-refractivity contribution in [3.05, 3.63) is 59.4 Å². The van der Waals surface area contributed by atoms with E-state index in [1.807, 2.05) is 38.1 Å². The molecule has 1 saturated heterocycles. The van der Waals surface area contributed by atoms with E-state index in [0.717, 1.165) is 16.8 Å². The summed E-state index contributed by atoms with van der Waals surface area (Å²) in [5.74, 6) is -0.0713. The highest BCUT2D eigenvalue weighted by Gasteiger charge is 2.29. The molecule has 3 rings (SSSR count). The summed E-state index contributed by atoms with van der Waals surface area (Å²) in [6.07, 6.45) is 0.652. The first-order valence-electron chi connectivity index (χ1n) is 8.00. The Kier molecular flexibility index (Phi) is 4.49. The molecule has 0 bridgehead atoms. The van der Waals surface area contributed by atoms with Gasteiger partial charge in [0.05, 0.1) is 11.4 Å². The number of hydrogen-bond donors (Lipinski definition) is 1. The molecule has 0 aromatic heterocycles. The van der Waals surface area contributed by atoms with Crippen molar-refractivity contribution in [3.8, 4) is 0 Å². The number of nitrogens with one attached hydrogen (secondary N) is 1. The fourth-order valence-corrected chi connectivity index (χ4v) is 4.61. The Balaban J connectivity index is 1.86. The van der Waals surface area contributed by atoms with Gasteiger partial charge in [-0.15, -0.1) is 0 Å². The number of benzene rings is 2. The molecule has 1 unspecified atom stereocenters. The summed E-state index contributed by atoms with van der Waals surface area (Å²) in [5, 5.41) is 3.32. The van der Waals surface area contributed by atoms with Gasteiger partial charge in [-0.3, -0.25) is 4.31 Å². The first-order chi connectivity index (χ1) is 11.4. The van der Waals surface area contributed by atoms with Crippen molar-refractivity contribution in [3.63, 3.8) is 0 Å². The second-order valence-corrected chi connectivity index (χ2v) is 8.18. The van der Waals surface area contributed by atoms with Crippen molar-refractivity contribution >= 4 is 21.4 Å². The Morgan fingerprint density at radius 2 is 2.00 bits per heavy atom. The summed E-state index contributed by atoms with van der Waals surface area (Å²) in [6.45, 7) is 4.37. The Labute approximate surface area is 142 Å². The lowest BCUT2D eigenvalue weighted by molar-refractivity contribution is 0.599. The fourth-order valence-electron chi connectivity index (χ4n) is 2.99. The molecule has 1 heterocycles. The Hall–Kier alpha value is -2.08. The largest absolute Gasteiger partial charge is 0.378 e. The zero-order valence-corrected chi connectivity index (χ0v) is 14.6. The highest BCUT2D eigenvalue weighted by atomic mass is 32.2. The normalized spacial score (nSPS) is 17.7. The monoisotopic (exact) mass is 348 g/mol. The lowest BCUT2D eigenvalue weighted by Gasteiger charge is -2.22. The van der Waals surface area contributed by atoms with Gasteiger partial charge in [0.15, 0.2) is 0 Å². The van der Waals surface area contributed by atoms with Crippen molar-refractivity contribution in [1.29, 1.82) is 0 Å². The number of hydrogen-bond acceptors (Lipinski definition) is 3. The Bertz CT molecular complexity index is 852. The van der Waals surface area contributed by atoms with Crippen LogP contribution in [0.5, 0.6) is 0 Å². The van der Waals surface area contributed by atoms with E-state index in [0.29, 0.717) is 18.7 Å². The SMILES string of the molecule is Cc1ccc(NC(C)c2cccc(F)c2)cc1N1CCCS1(=O)=O. The van der Waals surface area contributed by atoms with Crippen LogP contribution in [0, 0.1) is 12.7 Å². The van der Waals surface area contributed by atoms with Gasteiger partial charge in [-0.25, -0.2) is 12.8 Å². The summed E-state index contributed by atoms with van der Waals surface area (Å²) in [4.78, 5) is 0. The van der Waals surface area contributed by atoms with Crippen LogP contribution in [0.3, 0.4) is 0 Å².